The summed E-state index contributed by atoms with van der Waals surface area (Å²) < 4.78 is 8.79. The van der Waals surface area contributed by atoms with Gasteiger partial charge in [-0.2, -0.15) is 4.58 Å². The standard InChI is InChI=1S/C27H28N2OSi.C12H10N.Ir/c1-17-14-19(3)29(16-17)20-10-12-23(28-15-20)21-11-13-24(31(4,5)6)25-22-9-7-8-18(2)26(22)30-27(21)25;1-10-7-8-12(13-9-10)11-5-3-2-4-6-11;/h7-10,12-15H,16H2,1-6H3;2-5,7-9H,1H3;/q;-1;. The number of hydrogen-bond acceptors (Lipinski definition) is 3. The summed E-state index contributed by atoms with van der Waals surface area (Å²) in [6.07, 6.45) is 6.07. The summed E-state index contributed by atoms with van der Waals surface area (Å²) in [5.74, 6) is 0. The third-order valence-corrected chi connectivity index (χ3v) is 10.1. The van der Waals surface area contributed by atoms with E-state index in [-0.39, 0.29) is 20.1 Å². The van der Waals surface area contributed by atoms with Crippen LogP contribution in [0, 0.1) is 26.0 Å². The Kier molecular flexibility index (Phi) is 9.50. The topological polar surface area (TPSA) is 41.9 Å². The van der Waals surface area contributed by atoms with Gasteiger partial charge in [-0.1, -0.05) is 67.0 Å². The molecule has 0 amide bonds. The van der Waals surface area contributed by atoms with Crippen molar-refractivity contribution in [3.63, 3.8) is 0 Å². The Balaban J connectivity index is 0.000000240. The van der Waals surface area contributed by atoms with Crippen molar-refractivity contribution in [3.8, 4) is 22.5 Å². The summed E-state index contributed by atoms with van der Waals surface area (Å²) in [6, 6.07) is 31.5. The van der Waals surface area contributed by atoms with Crippen molar-refractivity contribution in [2.75, 3.05) is 6.54 Å². The van der Waals surface area contributed by atoms with Gasteiger partial charge in [0, 0.05) is 58.8 Å². The van der Waals surface area contributed by atoms with E-state index in [2.05, 4.69) is 111 Å². The van der Waals surface area contributed by atoms with Crippen LogP contribution in [0.5, 0.6) is 0 Å². The molecule has 1 aliphatic rings. The first-order valence-corrected chi connectivity index (χ1v) is 18.6. The Hall–Kier alpha value is -3.96. The van der Waals surface area contributed by atoms with E-state index < -0.39 is 8.07 Å². The summed E-state index contributed by atoms with van der Waals surface area (Å²) in [4.78, 5) is 9.15. The second-order valence-corrected chi connectivity index (χ2v) is 17.7. The van der Waals surface area contributed by atoms with Gasteiger partial charge in [0.05, 0.1) is 11.8 Å². The van der Waals surface area contributed by atoms with Gasteiger partial charge in [0.25, 0.3) is 0 Å². The van der Waals surface area contributed by atoms with Crippen LogP contribution in [0.1, 0.15) is 25.0 Å². The monoisotopic (exact) mass is 785 g/mol. The van der Waals surface area contributed by atoms with Crippen LogP contribution in [-0.2, 0) is 20.1 Å². The number of aromatic nitrogens is 2. The number of nitrogens with zero attached hydrogens (tertiary/aromatic N) is 3. The molecule has 0 spiro atoms. The van der Waals surface area contributed by atoms with Gasteiger partial charge in [-0.15, -0.1) is 53.2 Å². The summed E-state index contributed by atoms with van der Waals surface area (Å²) in [5.41, 5.74) is 11.8. The Morgan fingerprint density at radius 3 is 2.20 bits per heavy atom. The van der Waals surface area contributed by atoms with Gasteiger partial charge >= 0.3 is 0 Å². The molecule has 3 aromatic heterocycles. The number of allylic oxidation sites excluding steroid dienone is 1. The fourth-order valence-electron chi connectivity index (χ4n) is 5.79. The molecular formula is C39H38IrN3OSi-. The number of pyridine rings is 2. The second kappa shape index (κ2) is 13.2. The van der Waals surface area contributed by atoms with Gasteiger partial charge in [-0.3, -0.25) is 4.98 Å². The average molecular weight is 785 g/mol. The van der Waals surface area contributed by atoms with Crippen molar-refractivity contribution in [2.24, 2.45) is 0 Å². The number of hydrogen-bond donors (Lipinski definition) is 0. The first kappa shape index (κ1) is 32.4. The Labute approximate surface area is 280 Å². The minimum absolute atomic E-state index is 0. The van der Waals surface area contributed by atoms with E-state index in [9.17, 15) is 0 Å². The smallest absolute Gasteiger partial charge is 0.222 e. The quantitative estimate of drug-likeness (QED) is 0.102. The minimum Gasteiger partial charge on any atom is -0.500 e. The molecule has 6 heteroatoms. The predicted octanol–water partition coefficient (Wildman–Crippen LogP) is 9.22. The summed E-state index contributed by atoms with van der Waals surface area (Å²) in [5, 5.41) is 3.82. The zero-order valence-corrected chi connectivity index (χ0v) is 30.3. The molecule has 4 heterocycles. The number of furan rings is 1. The molecule has 0 N–H and O–H groups in total. The summed E-state index contributed by atoms with van der Waals surface area (Å²) in [7, 11) is -1.59. The van der Waals surface area contributed by atoms with Gasteiger partial charge in [0.1, 0.15) is 5.58 Å². The molecule has 0 saturated heterocycles. The van der Waals surface area contributed by atoms with Crippen molar-refractivity contribution in [2.45, 2.75) is 47.3 Å². The van der Waals surface area contributed by atoms with Gasteiger partial charge in [-0.25, -0.2) is 0 Å². The molecule has 0 atom stereocenters. The molecular weight excluding hydrogens is 747 g/mol. The number of benzene rings is 3. The van der Waals surface area contributed by atoms with E-state index >= 15 is 0 Å². The van der Waals surface area contributed by atoms with Crippen LogP contribution in [0.3, 0.4) is 0 Å². The maximum Gasteiger partial charge on any atom is 0.222 e. The maximum absolute atomic E-state index is 6.49. The van der Waals surface area contributed by atoms with E-state index in [1.165, 1.54) is 32.8 Å². The Bertz CT molecular complexity index is 2040. The number of fused-ring (bicyclic) bond motifs is 3. The van der Waals surface area contributed by atoms with Gasteiger partial charge in [0.2, 0.25) is 5.69 Å². The molecule has 7 rings (SSSR count). The van der Waals surface area contributed by atoms with Crippen LogP contribution < -0.4 is 5.19 Å². The van der Waals surface area contributed by atoms with Crippen LogP contribution in [0.25, 0.3) is 44.5 Å². The molecule has 0 aliphatic carbocycles. The SMILES string of the molecule is CC1=CC(C)=[N+](c2ccc(-c3[c-]cc([Si](C)(C)C)c4c3oc3c(C)cccc34)nc2)C1.Cc1ccc(-c2[c-]cccc2)nc1.[Ir]. The molecule has 4 nitrogen and oxygen atoms in total. The van der Waals surface area contributed by atoms with Gasteiger partial charge in [0.15, 0.2) is 12.3 Å². The van der Waals surface area contributed by atoms with E-state index in [1.807, 2.05) is 49.6 Å². The average Bonchev–Trinajstić information content (AvgIpc) is 3.57. The molecule has 0 bridgehead atoms. The first-order valence-electron chi connectivity index (χ1n) is 15.1. The third-order valence-electron chi connectivity index (χ3n) is 8.08. The summed E-state index contributed by atoms with van der Waals surface area (Å²) in [6.45, 7) is 16.5. The van der Waals surface area contributed by atoms with Crippen molar-refractivity contribution >= 4 is 46.6 Å². The third kappa shape index (κ3) is 6.69. The maximum atomic E-state index is 6.49. The first-order chi connectivity index (χ1) is 21.1. The molecule has 229 valence electrons. The summed E-state index contributed by atoms with van der Waals surface area (Å²) >= 11 is 0. The van der Waals surface area contributed by atoms with Gasteiger partial charge in [-0.05, 0) is 48.9 Å². The fraction of sp³-hybridized carbons (Fsp3) is 0.205. The predicted molar refractivity (Wildman–Crippen MR) is 186 cm³/mol. The molecule has 1 aliphatic heterocycles. The van der Waals surface area contributed by atoms with Gasteiger partial charge < -0.3 is 9.40 Å². The van der Waals surface area contributed by atoms with Crippen LogP contribution in [0.4, 0.5) is 5.69 Å². The molecule has 1 radical (unpaired) electrons. The van der Waals surface area contributed by atoms with E-state index in [4.69, 9.17) is 9.40 Å². The van der Waals surface area contributed by atoms with Crippen LogP contribution in [0.15, 0.2) is 101 Å². The van der Waals surface area contributed by atoms with Crippen LogP contribution in [0.2, 0.25) is 19.6 Å². The zero-order chi connectivity index (χ0) is 31.0. The minimum atomic E-state index is -1.59. The Morgan fingerprint density at radius 1 is 0.800 bits per heavy atom. The van der Waals surface area contributed by atoms with Crippen LogP contribution >= 0.6 is 0 Å². The number of para-hydroxylation sites is 1. The molecule has 0 saturated carbocycles. The van der Waals surface area contributed by atoms with E-state index in [1.54, 1.807) is 0 Å². The largest absolute Gasteiger partial charge is 0.500 e. The molecule has 0 unspecified atom stereocenters. The van der Waals surface area contributed by atoms with E-state index in [0.29, 0.717) is 0 Å². The van der Waals surface area contributed by atoms with Crippen molar-refractivity contribution in [1.29, 1.82) is 0 Å². The molecule has 6 aromatic rings. The number of aryl methyl sites for hydroxylation is 2. The second-order valence-electron chi connectivity index (χ2n) is 12.7. The molecule has 3 aromatic carbocycles. The van der Waals surface area contributed by atoms with Crippen LogP contribution in [-0.4, -0.2) is 34.9 Å². The normalized spacial score (nSPS) is 13.0. The van der Waals surface area contributed by atoms with Crippen molar-refractivity contribution in [1.82, 2.24) is 9.97 Å². The molecule has 45 heavy (non-hydrogen) atoms. The Morgan fingerprint density at radius 2 is 1.58 bits per heavy atom. The van der Waals surface area contributed by atoms with Crippen molar-refractivity contribution in [3.05, 3.63) is 120 Å². The number of rotatable bonds is 4. The zero-order valence-electron chi connectivity index (χ0n) is 27.0. The fourth-order valence-corrected chi connectivity index (χ4v) is 7.29. The van der Waals surface area contributed by atoms with Crippen molar-refractivity contribution < 1.29 is 29.1 Å². The van der Waals surface area contributed by atoms with E-state index in [0.717, 1.165) is 51.5 Å². The molecule has 0 fully saturated rings.